The van der Waals surface area contributed by atoms with Crippen molar-refractivity contribution in [2.24, 2.45) is 11.7 Å². The van der Waals surface area contributed by atoms with Crippen LogP contribution in [0.3, 0.4) is 0 Å². The third kappa shape index (κ3) is 10.5. The number of carbonyl (C=O) groups excluding carboxylic acids is 3. The molecule has 0 radical (unpaired) electrons. The number of rotatable bonds is 15. The number of aromatic hydroxyl groups is 1. The van der Waals surface area contributed by atoms with E-state index in [1.165, 1.54) is 24.3 Å². The van der Waals surface area contributed by atoms with Gasteiger partial charge in [0, 0.05) is 6.42 Å². The van der Waals surface area contributed by atoms with Crippen LogP contribution in [-0.2, 0) is 35.2 Å². The fraction of sp³-hybridized carbons (Fsp3) is 0.478. The topological polar surface area (TPSA) is 245 Å². The number of carbonyl (C=O) groups is 6. The summed E-state index contributed by atoms with van der Waals surface area (Å²) in [7, 11) is 0. The van der Waals surface area contributed by atoms with Crippen molar-refractivity contribution in [3.63, 3.8) is 0 Å². The van der Waals surface area contributed by atoms with Gasteiger partial charge in [-0.1, -0.05) is 32.4 Å². The number of hydrogen-bond acceptors (Lipinski definition) is 8. The summed E-state index contributed by atoms with van der Waals surface area (Å²) in [5, 5.41) is 43.5. The summed E-state index contributed by atoms with van der Waals surface area (Å²) in [6.45, 7) is 3.37. The summed E-state index contributed by atoms with van der Waals surface area (Å²) in [4.78, 5) is 71.8. The van der Waals surface area contributed by atoms with Crippen LogP contribution in [0.1, 0.15) is 38.7 Å². The summed E-state index contributed by atoms with van der Waals surface area (Å²) in [6, 6.07) is -0.223. The van der Waals surface area contributed by atoms with E-state index < -0.39 is 78.6 Å². The molecule has 0 spiro atoms. The maximum absolute atomic E-state index is 13.2. The highest BCUT2D eigenvalue weighted by atomic mass is 16.4. The fourth-order valence-electron chi connectivity index (χ4n) is 3.23. The van der Waals surface area contributed by atoms with Crippen LogP contribution < -0.4 is 21.7 Å². The van der Waals surface area contributed by atoms with Gasteiger partial charge in [0.15, 0.2) is 0 Å². The Labute approximate surface area is 212 Å². The van der Waals surface area contributed by atoms with Gasteiger partial charge in [0.25, 0.3) is 0 Å². The van der Waals surface area contributed by atoms with E-state index in [1.54, 1.807) is 13.8 Å². The lowest BCUT2D eigenvalue weighted by Crippen LogP contribution is -2.59. The third-order valence-corrected chi connectivity index (χ3v) is 5.53. The number of carboxylic acids is 3. The second kappa shape index (κ2) is 14.4. The summed E-state index contributed by atoms with van der Waals surface area (Å²) in [5.41, 5.74) is 6.05. The fourth-order valence-corrected chi connectivity index (χ4v) is 3.23. The largest absolute Gasteiger partial charge is 0.508 e. The quantitative estimate of drug-likeness (QED) is 0.135. The molecule has 1 aromatic carbocycles. The van der Waals surface area contributed by atoms with Crippen molar-refractivity contribution in [2.45, 2.75) is 63.7 Å². The average molecular weight is 525 g/mol. The lowest BCUT2D eigenvalue weighted by atomic mass is 9.96. The van der Waals surface area contributed by atoms with Gasteiger partial charge in [-0.25, -0.2) is 4.79 Å². The molecule has 3 amide bonds. The van der Waals surface area contributed by atoms with E-state index in [9.17, 15) is 39.0 Å². The first-order chi connectivity index (χ1) is 17.2. The van der Waals surface area contributed by atoms with Crippen LogP contribution in [0.25, 0.3) is 0 Å². The van der Waals surface area contributed by atoms with E-state index in [0.29, 0.717) is 12.0 Å². The summed E-state index contributed by atoms with van der Waals surface area (Å²) < 4.78 is 0. The van der Waals surface area contributed by atoms with Gasteiger partial charge in [-0.2, -0.15) is 0 Å². The van der Waals surface area contributed by atoms with E-state index >= 15 is 0 Å². The second-order valence-electron chi connectivity index (χ2n) is 8.51. The van der Waals surface area contributed by atoms with Crippen LogP contribution >= 0.6 is 0 Å². The Morgan fingerprint density at radius 3 is 1.84 bits per heavy atom. The number of phenolic OH excluding ortho intramolecular Hbond substituents is 1. The molecular formula is C23H32N4O10. The molecule has 0 aromatic heterocycles. The third-order valence-electron chi connectivity index (χ3n) is 5.53. The van der Waals surface area contributed by atoms with Crippen LogP contribution in [0.15, 0.2) is 24.3 Å². The number of amides is 3. The Hall–Kier alpha value is -4.20. The molecule has 0 bridgehead atoms. The number of hydrogen-bond donors (Lipinski definition) is 8. The van der Waals surface area contributed by atoms with Gasteiger partial charge in [0.1, 0.15) is 23.9 Å². The molecule has 0 saturated heterocycles. The standard InChI is InChI=1S/C23H32N4O10/c1-3-11(2)19(27-20(33)14(24)9-17(29)30)22(35)25-15(8-12-4-6-13(28)7-5-12)21(34)26-16(23(36)37)10-18(31)32/h4-7,11,14-16,19,28H,3,8-10,24H2,1-2H3,(H,25,35)(H,26,34)(H,27,33)(H,29,30)(H,31,32)(H,36,37). The number of carboxylic acid groups (broad SMARTS) is 3. The zero-order valence-corrected chi connectivity index (χ0v) is 20.3. The monoisotopic (exact) mass is 524 g/mol. The lowest BCUT2D eigenvalue weighted by Gasteiger charge is -2.28. The van der Waals surface area contributed by atoms with E-state index in [1.807, 2.05) is 0 Å². The highest BCUT2D eigenvalue weighted by Gasteiger charge is 2.33. The van der Waals surface area contributed by atoms with Crippen molar-refractivity contribution < 1.29 is 49.2 Å². The molecule has 0 saturated carbocycles. The smallest absolute Gasteiger partial charge is 0.326 e. The van der Waals surface area contributed by atoms with Gasteiger partial charge < -0.3 is 42.1 Å². The molecule has 0 aliphatic heterocycles. The first kappa shape index (κ1) is 30.8. The number of phenols is 1. The van der Waals surface area contributed by atoms with Gasteiger partial charge in [0.2, 0.25) is 17.7 Å². The Morgan fingerprint density at radius 2 is 1.35 bits per heavy atom. The normalized spacial score (nSPS) is 14.8. The summed E-state index contributed by atoms with van der Waals surface area (Å²) in [5.74, 6) is -7.62. The minimum absolute atomic E-state index is 0.0570. The zero-order valence-electron chi connectivity index (χ0n) is 20.3. The minimum atomic E-state index is -1.77. The molecule has 9 N–H and O–H groups in total. The van der Waals surface area contributed by atoms with Gasteiger partial charge in [-0.3, -0.25) is 24.0 Å². The number of nitrogens with two attached hydrogens (primary N) is 1. The first-order valence-corrected chi connectivity index (χ1v) is 11.4. The Balaban J connectivity index is 3.20. The zero-order chi connectivity index (χ0) is 28.3. The second-order valence-corrected chi connectivity index (χ2v) is 8.51. The highest BCUT2D eigenvalue weighted by molar-refractivity contribution is 5.95. The molecule has 0 aliphatic rings. The minimum Gasteiger partial charge on any atom is -0.508 e. The Kier molecular flexibility index (Phi) is 12.0. The molecule has 0 aliphatic carbocycles. The van der Waals surface area contributed by atoms with Crippen molar-refractivity contribution in [2.75, 3.05) is 0 Å². The number of nitrogens with one attached hydrogen (secondary N) is 3. The molecule has 37 heavy (non-hydrogen) atoms. The van der Waals surface area contributed by atoms with Crippen LogP contribution in [0.5, 0.6) is 5.75 Å². The lowest BCUT2D eigenvalue weighted by molar-refractivity contribution is -0.147. The molecule has 5 atom stereocenters. The van der Waals surface area contributed by atoms with Crippen LogP contribution in [-0.4, -0.2) is 80.2 Å². The highest BCUT2D eigenvalue weighted by Crippen LogP contribution is 2.13. The molecule has 1 aromatic rings. The molecule has 0 heterocycles. The first-order valence-electron chi connectivity index (χ1n) is 11.4. The van der Waals surface area contributed by atoms with E-state index in [0.717, 1.165) is 0 Å². The molecule has 0 fully saturated rings. The molecular weight excluding hydrogens is 492 g/mol. The van der Waals surface area contributed by atoms with Crippen molar-refractivity contribution in [1.82, 2.24) is 16.0 Å². The van der Waals surface area contributed by atoms with Crippen molar-refractivity contribution >= 4 is 35.6 Å². The van der Waals surface area contributed by atoms with Crippen LogP contribution in [0.4, 0.5) is 0 Å². The predicted octanol–water partition coefficient (Wildman–Crippen LogP) is -1.20. The average Bonchev–Trinajstić information content (AvgIpc) is 2.81. The molecule has 14 nitrogen and oxygen atoms in total. The van der Waals surface area contributed by atoms with Crippen molar-refractivity contribution in [3.8, 4) is 5.75 Å². The molecule has 14 heteroatoms. The van der Waals surface area contributed by atoms with E-state index in [2.05, 4.69) is 16.0 Å². The number of benzene rings is 1. The van der Waals surface area contributed by atoms with E-state index in [4.69, 9.17) is 15.9 Å². The molecule has 204 valence electrons. The maximum atomic E-state index is 13.2. The SMILES string of the molecule is CCC(C)C(NC(=O)C(N)CC(=O)O)C(=O)NC(Cc1ccc(O)cc1)C(=O)NC(CC(=O)O)C(=O)O. The van der Waals surface area contributed by atoms with Gasteiger partial charge in [-0.15, -0.1) is 0 Å². The van der Waals surface area contributed by atoms with Crippen LogP contribution in [0.2, 0.25) is 0 Å². The van der Waals surface area contributed by atoms with Gasteiger partial charge in [-0.05, 0) is 23.6 Å². The number of aliphatic carboxylic acids is 3. The molecule has 5 unspecified atom stereocenters. The predicted molar refractivity (Wildman–Crippen MR) is 127 cm³/mol. The van der Waals surface area contributed by atoms with Crippen molar-refractivity contribution in [1.29, 1.82) is 0 Å². The van der Waals surface area contributed by atoms with Crippen LogP contribution in [0, 0.1) is 5.92 Å². The van der Waals surface area contributed by atoms with Gasteiger partial charge >= 0.3 is 17.9 Å². The molecule has 1 rings (SSSR count). The Bertz CT molecular complexity index is 998. The summed E-state index contributed by atoms with van der Waals surface area (Å²) >= 11 is 0. The van der Waals surface area contributed by atoms with Crippen molar-refractivity contribution in [3.05, 3.63) is 29.8 Å². The van der Waals surface area contributed by atoms with Gasteiger partial charge in [0.05, 0.1) is 18.9 Å². The van der Waals surface area contributed by atoms with E-state index in [-0.39, 0.29) is 12.2 Å². The summed E-state index contributed by atoms with van der Waals surface area (Å²) in [6.07, 6.45) is -1.35. The maximum Gasteiger partial charge on any atom is 0.326 e. The Morgan fingerprint density at radius 1 is 0.811 bits per heavy atom.